The van der Waals surface area contributed by atoms with Crippen LogP contribution in [0, 0.1) is 17.8 Å². The van der Waals surface area contributed by atoms with Crippen molar-refractivity contribution < 1.29 is 22.8 Å². The van der Waals surface area contributed by atoms with Crippen LogP contribution >= 0.6 is 0 Å². The van der Waals surface area contributed by atoms with Gasteiger partial charge in [-0.1, -0.05) is 48.1 Å². The van der Waals surface area contributed by atoms with Gasteiger partial charge in [0.25, 0.3) is 0 Å². The second kappa shape index (κ2) is 11.8. The van der Waals surface area contributed by atoms with Crippen molar-refractivity contribution in [3.63, 3.8) is 0 Å². The molecule has 142 valence electrons. The molecule has 5 nitrogen and oxygen atoms in total. The molecule has 0 radical (unpaired) electrons. The summed E-state index contributed by atoms with van der Waals surface area (Å²) in [5, 5.41) is 0. The van der Waals surface area contributed by atoms with E-state index < -0.39 is 14.8 Å². The molecule has 0 aromatic heterocycles. The lowest BCUT2D eigenvalue weighted by atomic mass is 10.2. The quantitative estimate of drug-likeness (QED) is 0.282. The highest BCUT2D eigenvalue weighted by Gasteiger charge is 2.42. The van der Waals surface area contributed by atoms with Crippen molar-refractivity contribution >= 4 is 14.8 Å². The van der Waals surface area contributed by atoms with Crippen LogP contribution in [0.1, 0.15) is 48.5 Å². The molecule has 0 N–H and O–H groups in total. The second-order valence-corrected chi connectivity index (χ2v) is 10.2. The smallest absolute Gasteiger partial charge is 0.462 e. The lowest BCUT2D eigenvalue weighted by Crippen LogP contribution is -2.49. The van der Waals surface area contributed by atoms with E-state index in [9.17, 15) is 4.79 Å². The number of hydrogen-bond donors (Lipinski definition) is 0. The zero-order valence-electron chi connectivity index (χ0n) is 16.5. The predicted molar refractivity (Wildman–Crippen MR) is 98.7 cm³/mol. The summed E-state index contributed by atoms with van der Waals surface area (Å²) in [6, 6.07) is 0.457. The monoisotopic (exact) mass is 360 g/mol. The Labute approximate surface area is 149 Å². The van der Waals surface area contributed by atoms with Crippen LogP contribution in [0.5, 0.6) is 0 Å². The Bertz CT molecular complexity index is 348. The van der Waals surface area contributed by atoms with E-state index in [1.165, 1.54) is 0 Å². The largest absolute Gasteiger partial charge is 0.504 e. The second-order valence-electron chi connectivity index (χ2n) is 7.46. The average Bonchev–Trinajstić information content (AvgIpc) is 2.47. The van der Waals surface area contributed by atoms with Gasteiger partial charge in [0.05, 0.1) is 12.7 Å². The maximum absolute atomic E-state index is 11.6. The lowest BCUT2D eigenvalue weighted by molar-refractivity contribution is -0.138. The number of rotatable bonds is 13. The lowest BCUT2D eigenvalue weighted by Gasteiger charge is -2.31. The zero-order chi connectivity index (χ0) is 18.8. The maximum atomic E-state index is 11.6. The van der Waals surface area contributed by atoms with E-state index in [1.807, 2.05) is 0 Å². The molecule has 0 fully saturated rings. The normalized spacial score (nSPS) is 12.2. The Morgan fingerprint density at radius 1 is 0.875 bits per heavy atom. The van der Waals surface area contributed by atoms with Gasteiger partial charge in [-0.2, -0.15) is 0 Å². The van der Waals surface area contributed by atoms with Crippen LogP contribution in [0.3, 0.4) is 0 Å². The molecule has 0 spiro atoms. The molecule has 0 saturated carbocycles. The third kappa shape index (κ3) is 11.0. The van der Waals surface area contributed by atoms with Crippen molar-refractivity contribution in [2.75, 3.05) is 26.4 Å². The highest BCUT2D eigenvalue weighted by Crippen LogP contribution is 2.20. The fourth-order valence-corrected chi connectivity index (χ4v) is 4.41. The summed E-state index contributed by atoms with van der Waals surface area (Å²) >= 11 is 0. The molecule has 0 aromatic carbocycles. The first kappa shape index (κ1) is 23.3. The number of carbonyl (C=O) groups is 1. The van der Waals surface area contributed by atoms with Crippen molar-refractivity contribution in [2.45, 2.75) is 54.5 Å². The van der Waals surface area contributed by atoms with E-state index in [1.54, 1.807) is 6.92 Å². The van der Waals surface area contributed by atoms with Gasteiger partial charge in [0.15, 0.2) is 0 Å². The van der Waals surface area contributed by atoms with E-state index in [0.717, 1.165) is 0 Å². The van der Waals surface area contributed by atoms with Gasteiger partial charge >= 0.3 is 14.8 Å². The molecule has 0 aliphatic carbocycles. The van der Waals surface area contributed by atoms with E-state index in [-0.39, 0.29) is 6.61 Å². The molecule has 0 atom stereocenters. The molecular weight excluding hydrogens is 324 g/mol. The minimum atomic E-state index is -2.89. The van der Waals surface area contributed by atoms with Crippen molar-refractivity contribution in [2.24, 2.45) is 17.8 Å². The van der Waals surface area contributed by atoms with E-state index in [0.29, 0.717) is 49.2 Å². The molecule has 0 saturated heterocycles. The molecule has 0 unspecified atom stereocenters. The zero-order valence-corrected chi connectivity index (χ0v) is 17.5. The standard InChI is InChI=1S/C18H36O5Si/c1-14(2)11-21-24(22-12-15(3)4,23-13-16(5)6)10-9-20-18(19)17(7)8/h14-16H,7,9-13H2,1-6,8H3. The summed E-state index contributed by atoms with van der Waals surface area (Å²) in [4.78, 5) is 11.6. The minimum absolute atomic E-state index is 0.214. The minimum Gasteiger partial charge on any atom is -0.462 e. The first-order valence-corrected chi connectivity index (χ1v) is 10.8. The predicted octanol–water partition coefficient (Wildman–Crippen LogP) is 4.06. The van der Waals surface area contributed by atoms with E-state index >= 15 is 0 Å². The molecule has 0 amide bonds. The fourth-order valence-electron chi connectivity index (χ4n) is 1.61. The molecule has 24 heavy (non-hydrogen) atoms. The topological polar surface area (TPSA) is 54.0 Å². The van der Waals surface area contributed by atoms with Crippen molar-refractivity contribution in [1.29, 1.82) is 0 Å². The van der Waals surface area contributed by atoms with Gasteiger partial charge in [0.1, 0.15) is 0 Å². The summed E-state index contributed by atoms with van der Waals surface area (Å²) in [5.74, 6) is 0.731. The van der Waals surface area contributed by atoms with Crippen LogP contribution in [-0.4, -0.2) is 41.2 Å². The van der Waals surface area contributed by atoms with Gasteiger partial charge in [0.2, 0.25) is 0 Å². The Morgan fingerprint density at radius 3 is 1.54 bits per heavy atom. The molecule has 0 aromatic rings. The third-order valence-corrected chi connectivity index (χ3v) is 5.54. The van der Waals surface area contributed by atoms with Crippen LogP contribution in [0.4, 0.5) is 0 Å². The summed E-state index contributed by atoms with van der Waals surface area (Å²) in [7, 11) is -2.89. The van der Waals surface area contributed by atoms with Gasteiger partial charge in [-0.3, -0.25) is 0 Å². The summed E-state index contributed by atoms with van der Waals surface area (Å²) < 4.78 is 23.6. The molecule has 0 rings (SSSR count). The molecule has 6 heteroatoms. The van der Waals surface area contributed by atoms with Crippen LogP contribution in [0.15, 0.2) is 12.2 Å². The molecule has 0 aliphatic rings. The number of hydrogen-bond acceptors (Lipinski definition) is 5. The van der Waals surface area contributed by atoms with Gasteiger partial charge in [-0.05, 0) is 24.7 Å². The Morgan fingerprint density at radius 2 is 1.25 bits per heavy atom. The van der Waals surface area contributed by atoms with Gasteiger partial charge in [-0.15, -0.1) is 0 Å². The van der Waals surface area contributed by atoms with Crippen LogP contribution in [0.2, 0.25) is 6.04 Å². The highest BCUT2D eigenvalue weighted by atomic mass is 28.4. The number of esters is 1. The van der Waals surface area contributed by atoms with Crippen LogP contribution in [-0.2, 0) is 22.8 Å². The Hall–Kier alpha value is -0.693. The molecule has 0 aliphatic heterocycles. The van der Waals surface area contributed by atoms with Gasteiger partial charge in [0, 0.05) is 25.4 Å². The van der Waals surface area contributed by atoms with Crippen LogP contribution in [0.25, 0.3) is 0 Å². The molecule has 0 bridgehead atoms. The van der Waals surface area contributed by atoms with E-state index in [2.05, 4.69) is 48.1 Å². The molecular formula is C18H36O5Si. The average molecular weight is 361 g/mol. The van der Waals surface area contributed by atoms with Crippen molar-refractivity contribution in [3.8, 4) is 0 Å². The third-order valence-electron chi connectivity index (χ3n) is 2.90. The highest BCUT2D eigenvalue weighted by molar-refractivity contribution is 6.60. The summed E-state index contributed by atoms with van der Waals surface area (Å²) in [6.45, 7) is 19.7. The summed E-state index contributed by atoms with van der Waals surface area (Å²) in [6.07, 6.45) is 0. The summed E-state index contributed by atoms with van der Waals surface area (Å²) in [5.41, 5.74) is 0.386. The number of ether oxygens (including phenoxy) is 1. The first-order valence-electron chi connectivity index (χ1n) is 8.82. The molecule has 0 heterocycles. The van der Waals surface area contributed by atoms with E-state index in [4.69, 9.17) is 18.0 Å². The fraction of sp³-hybridized carbons (Fsp3) is 0.833. The Balaban J connectivity index is 4.97. The van der Waals surface area contributed by atoms with Crippen LogP contribution < -0.4 is 0 Å². The van der Waals surface area contributed by atoms with Gasteiger partial charge in [-0.25, -0.2) is 4.79 Å². The maximum Gasteiger partial charge on any atom is 0.504 e. The SMILES string of the molecule is C=C(C)C(=O)OCC[Si](OCC(C)C)(OCC(C)C)OCC(C)C. The van der Waals surface area contributed by atoms with Crippen molar-refractivity contribution in [1.82, 2.24) is 0 Å². The first-order chi connectivity index (χ1) is 11.1. The number of carbonyl (C=O) groups excluding carboxylic acids is 1. The Kier molecular flexibility index (Phi) is 11.5. The van der Waals surface area contributed by atoms with Crippen molar-refractivity contribution in [3.05, 3.63) is 12.2 Å². The van der Waals surface area contributed by atoms with Gasteiger partial charge < -0.3 is 18.0 Å².